The predicted molar refractivity (Wildman–Crippen MR) is 62.4 cm³/mol. The third-order valence-corrected chi connectivity index (χ3v) is 3.68. The van der Waals surface area contributed by atoms with E-state index in [-0.39, 0.29) is 6.61 Å². The highest BCUT2D eigenvalue weighted by Gasteiger charge is 2.25. The van der Waals surface area contributed by atoms with Crippen LogP contribution in [-0.2, 0) is 16.6 Å². The second kappa shape index (κ2) is 4.72. The zero-order chi connectivity index (χ0) is 13.3. The minimum Gasteiger partial charge on any atom is -0.392 e. The summed E-state index contributed by atoms with van der Waals surface area (Å²) in [5.41, 5.74) is -0.346. The first kappa shape index (κ1) is 14.1. The first-order chi connectivity index (χ1) is 7.65. The van der Waals surface area contributed by atoms with Crippen LogP contribution in [0.25, 0.3) is 0 Å². The van der Waals surface area contributed by atoms with Gasteiger partial charge in [-0.25, -0.2) is 17.5 Å². The zero-order valence-electron chi connectivity index (χ0n) is 9.99. The summed E-state index contributed by atoms with van der Waals surface area (Å²) < 4.78 is 39.6. The Morgan fingerprint density at radius 2 is 1.94 bits per heavy atom. The molecule has 0 unspecified atom stereocenters. The maximum absolute atomic E-state index is 13.5. The molecule has 0 aliphatic carbocycles. The standard InChI is InChI=1S/C11H16FNO3S/c1-11(2,3)13-17(15,16)10-6-8(7-14)4-5-9(10)12/h4-6,13-14H,7H2,1-3H3. The molecule has 0 amide bonds. The van der Waals surface area contributed by atoms with Crippen molar-refractivity contribution in [3.8, 4) is 0 Å². The van der Waals surface area contributed by atoms with Gasteiger partial charge in [0.25, 0.3) is 0 Å². The van der Waals surface area contributed by atoms with Crippen molar-refractivity contribution in [2.45, 2.75) is 37.8 Å². The van der Waals surface area contributed by atoms with E-state index in [1.807, 2.05) is 0 Å². The number of hydrogen-bond donors (Lipinski definition) is 2. The third-order valence-electron chi connectivity index (χ3n) is 1.91. The summed E-state index contributed by atoms with van der Waals surface area (Å²) in [6, 6.07) is 3.50. The number of aliphatic hydroxyl groups is 1. The molecule has 96 valence electrons. The summed E-state index contributed by atoms with van der Waals surface area (Å²) in [6.07, 6.45) is 0. The number of benzene rings is 1. The molecule has 4 nitrogen and oxygen atoms in total. The topological polar surface area (TPSA) is 66.4 Å². The molecule has 6 heteroatoms. The highest BCUT2D eigenvalue weighted by atomic mass is 32.2. The Bertz CT molecular complexity index is 506. The molecule has 0 bridgehead atoms. The second-order valence-corrected chi connectivity index (χ2v) is 6.43. The maximum Gasteiger partial charge on any atom is 0.243 e. The summed E-state index contributed by atoms with van der Waals surface area (Å²) in [7, 11) is -3.92. The molecule has 17 heavy (non-hydrogen) atoms. The summed E-state index contributed by atoms with van der Waals surface area (Å²) >= 11 is 0. The second-order valence-electron chi connectivity index (χ2n) is 4.78. The van der Waals surface area contributed by atoms with Crippen LogP contribution in [0.3, 0.4) is 0 Å². The summed E-state index contributed by atoms with van der Waals surface area (Å²) in [5.74, 6) is -0.834. The van der Waals surface area contributed by atoms with Gasteiger partial charge in [0, 0.05) is 5.54 Å². The summed E-state index contributed by atoms with van der Waals surface area (Å²) in [4.78, 5) is -0.445. The van der Waals surface area contributed by atoms with Crippen molar-refractivity contribution in [2.24, 2.45) is 0 Å². The largest absolute Gasteiger partial charge is 0.392 e. The number of nitrogens with one attached hydrogen (secondary N) is 1. The lowest BCUT2D eigenvalue weighted by Crippen LogP contribution is -2.40. The van der Waals surface area contributed by atoms with Crippen LogP contribution < -0.4 is 4.72 Å². The molecule has 1 aromatic rings. The van der Waals surface area contributed by atoms with Crippen LogP contribution in [0, 0.1) is 5.82 Å². The van der Waals surface area contributed by atoms with E-state index < -0.39 is 26.3 Å². The lowest BCUT2D eigenvalue weighted by Gasteiger charge is -2.20. The number of sulfonamides is 1. The van der Waals surface area contributed by atoms with Gasteiger partial charge >= 0.3 is 0 Å². The van der Waals surface area contributed by atoms with Crippen LogP contribution in [-0.4, -0.2) is 19.1 Å². The van der Waals surface area contributed by atoms with Gasteiger partial charge in [0.2, 0.25) is 10.0 Å². The Balaban J connectivity index is 3.23. The van der Waals surface area contributed by atoms with Gasteiger partial charge in [-0.3, -0.25) is 0 Å². The monoisotopic (exact) mass is 261 g/mol. The van der Waals surface area contributed by atoms with Gasteiger partial charge in [-0.1, -0.05) is 6.07 Å². The molecule has 0 heterocycles. The highest BCUT2D eigenvalue weighted by Crippen LogP contribution is 2.18. The fourth-order valence-electron chi connectivity index (χ4n) is 1.31. The molecule has 0 aromatic heterocycles. The van der Waals surface area contributed by atoms with E-state index in [4.69, 9.17) is 5.11 Å². The van der Waals surface area contributed by atoms with E-state index in [9.17, 15) is 12.8 Å². The van der Waals surface area contributed by atoms with Crippen molar-refractivity contribution in [1.82, 2.24) is 4.72 Å². The van der Waals surface area contributed by atoms with Gasteiger partial charge in [0.15, 0.2) is 0 Å². The first-order valence-corrected chi connectivity index (χ1v) is 6.57. The summed E-state index contributed by atoms with van der Waals surface area (Å²) in [6.45, 7) is 4.66. The number of hydrogen-bond acceptors (Lipinski definition) is 3. The molecule has 1 aromatic carbocycles. The number of aliphatic hydroxyl groups excluding tert-OH is 1. The van der Waals surface area contributed by atoms with Gasteiger partial charge in [-0.15, -0.1) is 0 Å². The molecule has 0 aliphatic rings. The van der Waals surface area contributed by atoms with Crippen LogP contribution in [0.1, 0.15) is 26.3 Å². The Morgan fingerprint density at radius 1 is 1.35 bits per heavy atom. The average Bonchev–Trinajstić information content (AvgIpc) is 2.14. The molecule has 0 atom stereocenters. The van der Waals surface area contributed by atoms with Crippen LogP contribution in [0.5, 0.6) is 0 Å². The van der Waals surface area contributed by atoms with Gasteiger partial charge in [0.1, 0.15) is 10.7 Å². The van der Waals surface area contributed by atoms with E-state index in [0.717, 1.165) is 12.1 Å². The molecule has 2 N–H and O–H groups in total. The zero-order valence-corrected chi connectivity index (χ0v) is 10.8. The van der Waals surface area contributed by atoms with Crippen LogP contribution in [0.15, 0.2) is 23.1 Å². The minimum atomic E-state index is -3.92. The molecule has 0 aliphatic heterocycles. The first-order valence-electron chi connectivity index (χ1n) is 5.09. The van der Waals surface area contributed by atoms with Crippen molar-refractivity contribution in [3.63, 3.8) is 0 Å². The normalized spacial score (nSPS) is 12.8. The lowest BCUT2D eigenvalue weighted by molar-refractivity contribution is 0.281. The minimum absolute atomic E-state index is 0.335. The lowest BCUT2D eigenvalue weighted by atomic mass is 10.1. The van der Waals surface area contributed by atoms with Crippen molar-refractivity contribution in [2.75, 3.05) is 0 Å². The smallest absolute Gasteiger partial charge is 0.243 e. The fraction of sp³-hybridized carbons (Fsp3) is 0.455. The number of halogens is 1. The Morgan fingerprint density at radius 3 is 2.41 bits per heavy atom. The fourth-order valence-corrected chi connectivity index (χ4v) is 2.86. The Labute approximate surface area is 101 Å². The molecular formula is C11H16FNO3S. The van der Waals surface area contributed by atoms with E-state index in [0.29, 0.717) is 5.56 Å². The van der Waals surface area contributed by atoms with Crippen molar-refractivity contribution in [3.05, 3.63) is 29.6 Å². The average molecular weight is 261 g/mol. The van der Waals surface area contributed by atoms with E-state index in [2.05, 4.69) is 4.72 Å². The number of rotatable bonds is 3. The van der Waals surface area contributed by atoms with Gasteiger partial charge < -0.3 is 5.11 Å². The third kappa shape index (κ3) is 3.76. The molecule has 0 radical (unpaired) electrons. The van der Waals surface area contributed by atoms with E-state index in [1.165, 1.54) is 6.07 Å². The Kier molecular flexibility index (Phi) is 3.91. The van der Waals surface area contributed by atoms with E-state index in [1.54, 1.807) is 20.8 Å². The molecule has 0 saturated heterocycles. The highest BCUT2D eigenvalue weighted by molar-refractivity contribution is 7.89. The maximum atomic E-state index is 13.5. The Hall–Kier alpha value is -0.980. The van der Waals surface area contributed by atoms with Crippen LogP contribution in [0.2, 0.25) is 0 Å². The van der Waals surface area contributed by atoms with Gasteiger partial charge in [-0.2, -0.15) is 0 Å². The summed E-state index contributed by atoms with van der Waals surface area (Å²) in [5, 5.41) is 8.91. The van der Waals surface area contributed by atoms with Gasteiger partial charge in [0.05, 0.1) is 6.61 Å². The molecular weight excluding hydrogens is 245 g/mol. The molecule has 0 spiro atoms. The molecule has 1 rings (SSSR count). The van der Waals surface area contributed by atoms with Gasteiger partial charge in [-0.05, 0) is 38.5 Å². The van der Waals surface area contributed by atoms with Crippen LogP contribution >= 0.6 is 0 Å². The molecule has 0 saturated carbocycles. The van der Waals surface area contributed by atoms with Crippen molar-refractivity contribution >= 4 is 10.0 Å². The van der Waals surface area contributed by atoms with Crippen molar-refractivity contribution in [1.29, 1.82) is 0 Å². The quantitative estimate of drug-likeness (QED) is 0.864. The SMILES string of the molecule is CC(C)(C)NS(=O)(=O)c1cc(CO)ccc1F. The van der Waals surface area contributed by atoms with Crippen molar-refractivity contribution < 1.29 is 17.9 Å². The van der Waals surface area contributed by atoms with E-state index >= 15 is 0 Å². The van der Waals surface area contributed by atoms with Crippen LogP contribution in [0.4, 0.5) is 4.39 Å². The predicted octanol–water partition coefficient (Wildman–Crippen LogP) is 1.39. The molecule has 0 fully saturated rings.